The third kappa shape index (κ3) is 2.05. The summed E-state index contributed by atoms with van der Waals surface area (Å²) in [6, 6.07) is 0. The molecule has 2 nitrogen and oxygen atoms in total. The quantitative estimate of drug-likeness (QED) is 0.472. The van der Waals surface area contributed by atoms with Crippen molar-refractivity contribution in [3.05, 3.63) is 12.2 Å². The van der Waals surface area contributed by atoms with Crippen molar-refractivity contribution in [1.29, 1.82) is 0 Å². The largest absolute Gasteiger partial charge is 0.420 e. The van der Waals surface area contributed by atoms with E-state index in [1.54, 1.807) is 0 Å². The molecule has 4 aliphatic rings. The molecule has 0 aromatic rings. The van der Waals surface area contributed by atoms with E-state index in [-0.39, 0.29) is 17.8 Å². The highest BCUT2D eigenvalue weighted by Gasteiger charge is 2.67. The van der Waals surface area contributed by atoms with Gasteiger partial charge in [-0.3, -0.25) is 0 Å². The van der Waals surface area contributed by atoms with Crippen LogP contribution in [0.1, 0.15) is 19.3 Å². The minimum atomic E-state index is -5.44. The molecule has 0 aliphatic heterocycles. The molecular formula is C16H19F5O2. The lowest BCUT2D eigenvalue weighted by Crippen LogP contribution is -2.55. The van der Waals surface area contributed by atoms with Crippen LogP contribution in [0.25, 0.3) is 0 Å². The van der Waals surface area contributed by atoms with Crippen molar-refractivity contribution in [3.8, 4) is 0 Å². The Labute approximate surface area is 130 Å². The average molecular weight is 338 g/mol. The van der Waals surface area contributed by atoms with Crippen LogP contribution in [-0.4, -0.2) is 34.5 Å². The normalized spacial score (nSPS) is 47.2. The van der Waals surface area contributed by atoms with E-state index in [0.29, 0.717) is 30.6 Å². The third-order valence-corrected chi connectivity index (χ3v) is 6.80. The molecule has 4 rings (SSSR count). The summed E-state index contributed by atoms with van der Waals surface area (Å²) in [4.78, 5) is 0. The fraction of sp³-hybridized carbons (Fsp3) is 0.875. The standard InChI is InChI=1S/C16H19F5O2/c17-15(18,14(23)16(19,20)21)13(22)10-5-8-4-9(10)12-7-2-1-6(3-7)11(8)12/h1-2,6-14,22-23H,3-5H2. The number of rotatable bonds is 3. The number of alkyl halides is 5. The lowest BCUT2D eigenvalue weighted by atomic mass is 9.67. The Morgan fingerprint density at radius 3 is 2.09 bits per heavy atom. The first-order chi connectivity index (χ1) is 10.6. The molecule has 0 saturated heterocycles. The summed E-state index contributed by atoms with van der Waals surface area (Å²) in [6.07, 6.45) is -5.38. The van der Waals surface area contributed by atoms with E-state index < -0.39 is 30.2 Å². The Hall–Kier alpha value is -0.690. The summed E-state index contributed by atoms with van der Waals surface area (Å²) >= 11 is 0. The van der Waals surface area contributed by atoms with Crippen LogP contribution in [0, 0.1) is 41.4 Å². The maximum Gasteiger partial charge on any atom is 0.420 e. The van der Waals surface area contributed by atoms with Gasteiger partial charge in [0.1, 0.15) is 6.10 Å². The molecule has 0 aromatic carbocycles. The highest BCUT2D eigenvalue weighted by atomic mass is 19.4. The highest BCUT2D eigenvalue weighted by Crippen LogP contribution is 2.68. The van der Waals surface area contributed by atoms with E-state index in [0.717, 1.165) is 6.42 Å². The van der Waals surface area contributed by atoms with Crippen molar-refractivity contribution in [2.45, 2.75) is 43.6 Å². The van der Waals surface area contributed by atoms with Crippen molar-refractivity contribution in [1.82, 2.24) is 0 Å². The van der Waals surface area contributed by atoms with Crippen molar-refractivity contribution in [3.63, 3.8) is 0 Å². The van der Waals surface area contributed by atoms with Gasteiger partial charge in [-0.1, -0.05) is 12.2 Å². The second-order valence-electron chi connectivity index (χ2n) is 7.73. The van der Waals surface area contributed by atoms with E-state index in [4.69, 9.17) is 5.11 Å². The van der Waals surface area contributed by atoms with E-state index in [9.17, 15) is 27.1 Å². The van der Waals surface area contributed by atoms with E-state index in [1.165, 1.54) is 0 Å². The van der Waals surface area contributed by atoms with Crippen LogP contribution in [-0.2, 0) is 0 Å². The molecular weight excluding hydrogens is 319 g/mol. The van der Waals surface area contributed by atoms with Crippen molar-refractivity contribution in [2.24, 2.45) is 41.4 Å². The maximum absolute atomic E-state index is 14.0. The highest BCUT2D eigenvalue weighted by molar-refractivity contribution is 5.21. The SMILES string of the molecule is OC(C1CC2CC1C1C3C=CC(C3)C21)C(F)(F)C(O)C(F)(F)F. The number of allylic oxidation sites excluding steroid dienone is 2. The fourth-order valence-electron chi connectivity index (χ4n) is 6.10. The molecule has 3 fully saturated rings. The number of aliphatic hydroxyl groups is 2. The molecule has 4 bridgehead atoms. The maximum atomic E-state index is 14.0. The van der Waals surface area contributed by atoms with Crippen LogP contribution >= 0.6 is 0 Å². The van der Waals surface area contributed by atoms with Gasteiger partial charge < -0.3 is 10.2 Å². The molecule has 0 radical (unpaired) electrons. The lowest BCUT2D eigenvalue weighted by Gasteiger charge is -2.41. The Balaban J connectivity index is 1.55. The zero-order valence-corrected chi connectivity index (χ0v) is 12.3. The molecule has 7 heteroatoms. The molecule has 0 amide bonds. The van der Waals surface area contributed by atoms with Gasteiger partial charge in [-0.15, -0.1) is 0 Å². The second kappa shape index (κ2) is 4.69. The predicted octanol–water partition coefficient (Wildman–Crippen LogP) is 3.00. The van der Waals surface area contributed by atoms with Gasteiger partial charge in [0.15, 0.2) is 0 Å². The van der Waals surface area contributed by atoms with Crippen LogP contribution < -0.4 is 0 Å². The first-order valence-electron chi connectivity index (χ1n) is 8.11. The van der Waals surface area contributed by atoms with Crippen LogP contribution in [0.3, 0.4) is 0 Å². The summed E-state index contributed by atoms with van der Waals surface area (Å²) in [5, 5.41) is 19.0. The monoisotopic (exact) mass is 338 g/mol. The number of aliphatic hydroxyl groups excluding tert-OH is 2. The molecule has 2 N–H and O–H groups in total. The van der Waals surface area contributed by atoms with Crippen molar-refractivity contribution >= 4 is 0 Å². The molecule has 0 spiro atoms. The molecule has 23 heavy (non-hydrogen) atoms. The van der Waals surface area contributed by atoms with Crippen LogP contribution in [0.5, 0.6) is 0 Å². The van der Waals surface area contributed by atoms with Gasteiger partial charge in [0.2, 0.25) is 6.10 Å². The first kappa shape index (κ1) is 15.8. The van der Waals surface area contributed by atoms with Gasteiger partial charge in [-0.25, -0.2) is 8.78 Å². The fourth-order valence-corrected chi connectivity index (χ4v) is 6.10. The summed E-state index contributed by atoms with van der Waals surface area (Å²) in [5.74, 6) is -3.94. The Morgan fingerprint density at radius 1 is 0.870 bits per heavy atom. The van der Waals surface area contributed by atoms with Gasteiger partial charge in [0.05, 0.1) is 0 Å². The smallest absolute Gasteiger partial charge is 0.386 e. The van der Waals surface area contributed by atoms with E-state index >= 15 is 0 Å². The molecule has 0 aromatic heterocycles. The second-order valence-corrected chi connectivity index (χ2v) is 7.73. The van der Waals surface area contributed by atoms with Gasteiger partial charge >= 0.3 is 12.1 Å². The Kier molecular flexibility index (Phi) is 3.22. The minimum absolute atomic E-state index is 0.161. The van der Waals surface area contributed by atoms with Crippen LogP contribution in [0.2, 0.25) is 0 Å². The topological polar surface area (TPSA) is 40.5 Å². The number of halogens is 5. The lowest BCUT2D eigenvalue weighted by molar-refractivity contribution is -0.298. The first-order valence-corrected chi connectivity index (χ1v) is 8.11. The predicted molar refractivity (Wildman–Crippen MR) is 70.4 cm³/mol. The molecule has 0 heterocycles. The van der Waals surface area contributed by atoms with E-state index in [1.807, 2.05) is 0 Å². The summed E-state index contributed by atoms with van der Waals surface area (Å²) in [7, 11) is 0. The van der Waals surface area contributed by atoms with Crippen LogP contribution in [0.15, 0.2) is 12.2 Å². The Morgan fingerprint density at radius 2 is 1.48 bits per heavy atom. The molecule has 4 aliphatic carbocycles. The van der Waals surface area contributed by atoms with Gasteiger partial charge in [-0.05, 0) is 60.7 Å². The summed E-state index contributed by atoms with van der Waals surface area (Å²) in [5.41, 5.74) is 0. The molecule has 9 unspecified atom stereocenters. The van der Waals surface area contributed by atoms with Crippen molar-refractivity contribution in [2.75, 3.05) is 0 Å². The van der Waals surface area contributed by atoms with Crippen LogP contribution in [0.4, 0.5) is 22.0 Å². The third-order valence-electron chi connectivity index (χ3n) is 6.80. The number of hydrogen-bond acceptors (Lipinski definition) is 2. The summed E-state index contributed by atoms with van der Waals surface area (Å²) in [6.45, 7) is 0. The van der Waals surface area contributed by atoms with Gasteiger partial charge in [0.25, 0.3) is 0 Å². The number of hydrogen-bond donors (Lipinski definition) is 2. The molecule has 9 atom stereocenters. The zero-order valence-electron chi connectivity index (χ0n) is 12.3. The molecule has 3 saturated carbocycles. The van der Waals surface area contributed by atoms with E-state index in [2.05, 4.69) is 12.2 Å². The van der Waals surface area contributed by atoms with Gasteiger partial charge in [0, 0.05) is 0 Å². The average Bonchev–Trinajstić information content (AvgIpc) is 3.21. The zero-order chi connectivity index (χ0) is 16.7. The van der Waals surface area contributed by atoms with Gasteiger partial charge in [-0.2, -0.15) is 13.2 Å². The Bertz CT molecular complexity index is 531. The molecule has 130 valence electrons. The minimum Gasteiger partial charge on any atom is -0.386 e. The number of fused-ring (bicyclic) bond motifs is 9. The van der Waals surface area contributed by atoms with Crippen molar-refractivity contribution < 1.29 is 32.2 Å². The summed E-state index contributed by atoms with van der Waals surface area (Å²) < 4.78 is 65.4.